The summed E-state index contributed by atoms with van der Waals surface area (Å²) in [7, 11) is 1.36. The van der Waals surface area contributed by atoms with Crippen LogP contribution in [0.3, 0.4) is 0 Å². The van der Waals surface area contributed by atoms with Gasteiger partial charge in [0.1, 0.15) is 17.6 Å². The highest BCUT2D eigenvalue weighted by molar-refractivity contribution is 7.11. The average Bonchev–Trinajstić information content (AvgIpc) is 3.59. The predicted octanol–water partition coefficient (Wildman–Crippen LogP) is 6.13. The van der Waals surface area contributed by atoms with Crippen molar-refractivity contribution in [1.82, 2.24) is 9.88 Å². The van der Waals surface area contributed by atoms with Gasteiger partial charge >= 0.3 is 12.1 Å². The van der Waals surface area contributed by atoms with Crippen LogP contribution in [0.15, 0.2) is 30.3 Å². The maximum atomic E-state index is 14.1. The number of ether oxygens (including phenoxy) is 3. The molecule has 1 aromatic heterocycles. The van der Waals surface area contributed by atoms with Crippen LogP contribution < -0.4 is 9.47 Å². The molecule has 2 aliphatic heterocycles. The molecule has 6 rings (SSSR count). The minimum atomic E-state index is -4.43. The fraction of sp³-hybridized carbons (Fsp3) is 0.448. The van der Waals surface area contributed by atoms with Gasteiger partial charge < -0.3 is 14.2 Å². The lowest BCUT2D eigenvalue weighted by Crippen LogP contribution is -2.31. The summed E-state index contributed by atoms with van der Waals surface area (Å²) in [4.78, 5) is 19.5. The van der Waals surface area contributed by atoms with Crippen molar-refractivity contribution in [2.45, 2.75) is 63.9 Å². The van der Waals surface area contributed by atoms with E-state index in [9.17, 15) is 18.0 Å². The summed E-state index contributed by atoms with van der Waals surface area (Å²) in [5.74, 6) is 0.892. The number of fused-ring (bicyclic) bond motifs is 3. The van der Waals surface area contributed by atoms with Crippen LogP contribution in [0.4, 0.5) is 13.2 Å². The van der Waals surface area contributed by atoms with Crippen LogP contribution >= 0.6 is 11.3 Å². The number of methoxy groups -OCH3 is 1. The molecule has 10 heteroatoms. The molecule has 39 heavy (non-hydrogen) atoms. The Kier molecular flexibility index (Phi) is 6.79. The van der Waals surface area contributed by atoms with E-state index < -0.39 is 11.7 Å². The van der Waals surface area contributed by atoms with Crippen LogP contribution in [0.25, 0.3) is 0 Å². The van der Waals surface area contributed by atoms with Crippen LogP contribution in [0.1, 0.15) is 68.3 Å². The van der Waals surface area contributed by atoms with Crippen molar-refractivity contribution < 1.29 is 32.2 Å². The number of nitrogens with zero attached hydrogens (tertiary/aromatic N) is 2. The summed E-state index contributed by atoms with van der Waals surface area (Å²) in [6, 6.07) is 8.33. The van der Waals surface area contributed by atoms with Gasteiger partial charge in [-0.25, -0.2) is 4.98 Å². The largest absolute Gasteiger partial charge is 0.492 e. The van der Waals surface area contributed by atoms with Crippen LogP contribution in [-0.4, -0.2) is 36.1 Å². The number of aryl methyl sites for hydroxylation is 1. The van der Waals surface area contributed by atoms with Gasteiger partial charge in [0, 0.05) is 48.5 Å². The third-order valence-electron chi connectivity index (χ3n) is 7.86. The molecule has 2 aromatic carbocycles. The minimum absolute atomic E-state index is 0.0724. The molecule has 0 saturated carbocycles. The zero-order valence-corrected chi connectivity index (χ0v) is 22.6. The minimum Gasteiger partial charge on any atom is -0.492 e. The van der Waals surface area contributed by atoms with Gasteiger partial charge in [0.2, 0.25) is 0 Å². The van der Waals surface area contributed by atoms with E-state index in [1.807, 2.05) is 19.1 Å². The fourth-order valence-corrected chi connectivity index (χ4v) is 7.02. The lowest BCUT2D eigenvalue weighted by Gasteiger charge is -2.28. The molecule has 0 fully saturated rings. The number of aromatic nitrogens is 1. The summed E-state index contributed by atoms with van der Waals surface area (Å²) < 4.78 is 59.2. The maximum Gasteiger partial charge on any atom is 0.416 e. The lowest BCUT2D eigenvalue weighted by atomic mass is 9.95. The van der Waals surface area contributed by atoms with Gasteiger partial charge in [0.05, 0.1) is 36.4 Å². The van der Waals surface area contributed by atoms with Gasteiger partial charge in [-0.2, -0.15) is 13.2 Å². The highest BCUT2D eigenvalue weighted by Crippen LogP contribution is 2.44. The quantitative estimate of drug-likeness (QED) is 0.339. The molecular weight excluding hydrogens is 529 g/mol. The van der Waals surface area contributed by atoms with E-state index in [4.69, 9.17) is 14.2 Å². The van der Waals surface area contributed by atoms with E-state index >= 15 is 0 Å². The Morgan fingerprint density at radius 2 is 2.03 bits per heavy atom. The van der Waals surface area contributed by atoms with E-state index in [1.165, 1.54) is 13.2 Å². The molecule has 0 radical (unpaired) electrons. The smallest absolute Gasteiger partial charge is 0.416 e. The number of hydrogen-bond donors (Lipinski definition) is 0. The van der Waals surface area contributed by atoms with Gasteiger partial charge in [-0.1, -0.05) is 12.1 Å². The van der Waals surface area contributed by atoms with E-state index in [2.05, 4.69) is 9.88 Å². The molecule has 206 valence electrons. The summed E-state index contributed by atoms with van der Waals surface area (Å²) >= 11 is 1.63. The molecule has 1 unspecified atom stereocenters. The Hall–Kier alpha value is -3.11. The van der Waals surface area contributed by atoms with Crippen molar-refractivity contribution in [2.75, 3.05) is 20.3 Å². The van der Waals surface area contributed by atoms with Crippen molar-refractivity contribution >= 4 is 17.3 Å². The van der Waals surface area contributed by atoms with Crippen molar-refractivity contribution in [3.8, 4) is 11.5 Å². The molecule has 3 aliphatic rings. The second-order valence-corrected chi connectivity index (χ2v) is 11.6. The Morgan fingerprint density at radius 3 is 2.82 bits per heavy atom. The van der Waals surface area contributed by atoms with Gasteiger partial charge in [-0.15, -0.1) is 11.3 Å². The maximum absolute atomic E-state index is 14.1. The van der Waals surface area contributed by atoms with E-state index in [-0.39, 0.29) is 31.0 Å². The third kappa shape index (κ3) is 5.12. The van der Waals surface area contributed by atoms with Gasteiger partial charge in [0.25, 0.3) is 0 Å². The monoisotopic (exact) mass is 558 g/mol. The first-order valence-corrected chi connectivity index (χ1v) is 13.9. The van der Waals surface area contributed by atoms with Gasteiger partial charge in [-0.05, 0) is 48.6 Å². The molecule has 0 bridgehead atoms. The molecule has 6 nitrogen and oxygen atoms in total. The third-order valence-corrected chi connectivity index (χ3v) is 8.86. The van der Waals surface area contributed by atoms with Crippen LogP contribution in [-0.2, 0) is 41.6 Å². The van der Waals surface area contributed by atoms with Crippen LogP contribution in [0, 0.1) is 6.92 Å². The van der Waals surface area contributed by atoms with Crippen molar-refractivity contribution in [3.05, 3.63) is 73.7 Å². The molecule has 3 aromatic rings. The zero-order chi connectivity index (χ0) is 27.3. The summed E-state index contributed by atoms with van der Waals surface area (Å²) in [5, 5.41) is 0.995. The molecule has 3 heterocycles. The van der Waals surface area contributed by atoms with Crippen molar-refractivity contribution in [1.29, 1.82) is 0 Å². The molecule has 1 aliphatic carbocycles. The average molecular weight is 559 g/mol. The van der Waals surface area contributed by atoms with E-state index in [0.29, 0.717) is 49.6 Å². The summed E-state index contributed by atoms with van der Waals surface area (Å²) in [5.41, 5.74) is 3.37. The number of halogens is 3. The van der Waals surface area contributed by atoms with Crippen molar-refractivity contribution in [2.24, 2.45) is 0 Å². The summed E-state index contributed by atoms with van der Waals surface area (Å²) in [6.45, 7) is 3.91. The topological polar surface area (TPSA) is 60.9 Å². The Labute approximate surface area is 228 Å². The molecule has 0 saturated heterocycles. The van der Waals surface area contributed by atoms with Crippen LogP contribution in [0.2, 0.25) is 0 Å². The lowest BCUT2D eigenvalue weighted by molar-refractivity contribution is -0.141. The zero-order valence-electron chi connectivity index (χ0n) is 21.8. The number of carbonyl (C=O) groups is 1. The normalized spacial score (nSPS) is 20.2. The molecule has 2 atom stereocenters. The number of esters is 1. The number of benzene rings is 2. The predicted molar refractivity (Wildman–Crippen MR) is 139 cm³/mol. The second-order valence-electron chi connectivity index (χ2n) is 10.4. The van der Waals surface area contributed by atoms with E-state index in [0.717, 1.165) is 38.7 Å². The van der Waals surface area contributed by atoms with Gasteiger partial charge in [-0.3, -0.25) is 9.69 Å². The molecule has 0 spiro atoms. The Balaban J connectivity index is 1.24. The first-order valence-electron chi connectivity index (χ1n) is 13.1. The SMILES string of the molecule is COC(=O)C[C@H]1COc2cc(OC3CCc4c3ccc(C(F)(F)F)c4CN3CCc4nc(C)sc4C3)ccc21. The van der Waals surface area contributed by atoms with Crippen molar-refractivity contribution in [3.63, 3.8) is 0 Å². The number of hydrogen-bond acceptors (Lipinski definition) is 7. The highest BCUT2D eigenvalue weighted by Gasteiger charge is 2.38. The first kappa shape index (κ1) is 26.1. The molecular formula is C29H29F3N2O4S. The number of rotatable bonds is 6. The highest BCUT2D eigenvalue weighted by atomic mass is 32.1. The Bertz CT molecular complexity index is 1420. The number of alkyl halides is 3. The molecule has 0 N–H and O–H groups in total. The Morgan fingerprint density at radius 1 is 1.21 bits per heavy atom. The first-order chi connectivity index (χ1) is 18.7. The molecule has 0 amide bonds. The van der Waals surface area contributed by atoms with Gasteiger partial charge in [0.15, 0.2) is 0 Å². The van der Waals surface area contributed by atoms with Crippen LogP contribution in [0.5, 0.6) is 11.5 Å². The summed E-state index contributed by atoms with van der Waals surface area (Å²) in [6.07, 6.45) is -2.65. The number of carbonyl (C=O) groups excluding carboxylic acids is 1. The fourth-order valence-electron chi connectivity index (χ4n) is 5.99. The number of thiazole rings is 1. The second kappa shape index (κ2) is 10.1. The van der Waals surface area contributed by atoms with E-state index in [1.54, 1.807) is 23.5 Å². The standard InChI is InChI=1S/C29H29F3N2O4S/c1-16-33-24-9-10-34(14-27(24)39-16)13-22-20-6-8-25(21(20)5-7-23(22)29(30,31)32)38-18-3-4-19-17(11-28(35)36-2)15-37-26(19)12-18/h3-5,7,12,17,25H,6,8-11,13-15H2,1-2H3/t17-,25?/m0/s1.